The number of allylic oxidation sites excluding steroid dienone is 5. The second-order valence-corrected chi connectivity index (χ2v) is 21.8. The van der Waals surface area contributed by atoms with Crippen LogP contribution >= 0.6 is 0 Å². The Balaban J connectivity index is 2.66. The molecule has 0 bridgehead atoms. The van der Waals surface area contributed by atoms with Crippen LogP contribution in [0.1, 0.15) is 290 Å². The number of esters is 1. The maximum atomic E-state index is 13.4. The number of amides is 1. The Morgan fingerprint density at radius 3 is 1.41 bits per heavy atom. The lowest BCUT2D eigenvalue weighted by atomic mass is 9.99. The first kappa shape index (κ1) is 69.9. The lowest BCUT2D eigenvalue weighted by Crippen LogP contribution is -2.61. The maximum Gasteiger partial charge on any atom is 0.306 e. The van der Waals surface area contributed by atoms with Crippen molar-refractivity contribution in [3.05, 3.63) is 36.5 Å². The third-order valence-electron chi connectivity index (χ3n) is 14.8. The number of carbonyl (C=O) groups is 2. The fourth-order valence-electron chi connectivity index (χ4n) is 9.80. The Morgan fingerprint density at radius 1 is 0.527 bits per heavy atom. The highest BCUT2D eigenvalue weighted by Gasteiger charge is 2.47. The molecule has 0 aromatic heterocycles. The van der Waals surface area contributed by atoms with Gasteiger partial charge in [-0.1, -0.05) is 263 Å². The van der Waals surface area contributed by atoms with Crippen molar-refractivity contribution >= 4 is 11.9 Å². The SMILES string of the molecule is CCCCC/C=C\C/C=C\CCCCCCCCCCCCC(O)C(=O)NC(COC1OC(CO)C(O)C(O)C1OC(=O)CCCCCCCCCCCCCCC)C(O)/C=C/CCCCCCCCCCCC. The van der Waals surface area contributed by atoms with E-state index in [1.165, 1.54) is 173 Å². The number of carbonyl (C=O) groups excluding carboxylic acids is 2. The molecular weight excluding hydrogens is 931 g/mol. The summed E-state index contributed by atoms with van der Waals surface area (Å²) in [5, 5.41) is 56.9. The highest BCUT2D eigenvalue weighted by molar-refractivity contribution is 5.80. The van der Waals surface area contributed by atoms with Crippen LogP contribution in [-0.2, 0) is 23.8 Å². The van der Waals surface area contributed by atoms with Gasteiger partial charge in [0.2, 0.25) is 5.91 Å². The molecule has 8 atom stereocenters. The predicted molar refractivity (Wildman–Crippen MR) is 306 cm³/mol. The van der Waals surface area contributed by atoms with Crippen molar-refractivity contribution in [2.75, 3.05) is 13.2 Å². The molecule has 0 saturated carbocycles. The van der Waals surface area contributed by atoms with Gasteiger partial charge in [0.1, 0.15) is 24.4 Å². The minimum absolute atomic E-state index is 0.128. The molecule has 0 aromatic carbocycles. The van der Waals surface area contributed by atoms with Crippen LogP contribution in [0.4, 0.5) is 0 Å². The second-order valence-electron chi connectivity index (χ2n) is 21.8. The first-order valence-electron chi connectivity index (χ1n) is 31.3. The molecule has 434 valence electrons. The number of hydrogen-bond acceptors (Lipinski definition) is 10. The van der Waals surface area contributed by atoms with Crippen LogP contribution in [0.2, 0.25) is 0 Å². The summed E-state index contributed by atoms with van der Waals surface area (Å²) in [5.74, 6) is -1.19. The van der Waals surface area contributed by atoms with E-state index in [0.717, 1.165) is 70.6 Å². The van der Waals surface area contributed by atoms with Gasteiger partial charge in [-0.3, -0.25) is 9.59 Å². The summed E-state index contributed by atoms with van der Waals surface area (Å²) in [7, 11) is 0. The Labute approximate surface area is 453 Å². The van der Waals surface area contributed by atoms with Gasteiger partial charge in [0, 0.05) is 6.42 Å². The summed E-state index contributed by atoms with van der Waals surface area (Å²) in [6.45, 7) is 5.77. The smallest absolute Gasteiger partial charge is 0.306 e. The van der Waals surface area contributed by atoms with E-state index in [2.05, 4.69) is 50.4 Å². The van der Waals surface area contributed by atoms with Gasteiger partial charge in [-0.15, -0.1) is 0 Å². The molecule has 0 spiro atoms. The Hall–Kier alpha value is -2.12. The van der Waals surface area contributed by atoms with E-state index in [1.807, 2.05) is 6.08 Å². The van der Waals surface area contributed by atoms with Crippen molar-refractivity contribution in [1.29, 1.82) is 0 Å². The van der Waals surface area contributed by atoms with Gasteiger partial charge < -0.3 is 45.1 Å². The van der Waals surface area contributed by atoms with E-state index in [9.17, 15) is 35.1 Å². The van der Waals surface area contributed by atoms with Crippen molar-refractivity contribution in [3.63, 3.8) is 0 Å². The summed E-state index contributed by atoms with van der Waals surface area (Å²) in [6.07, 6.45) is 50.4. The Bertz CT molecular complexity index is 1340. The summed E-state index contributed by atoms with van der Waals surface area (Å²) in [6, 6.07) is -1.02. The zero-order valence-corrected chi connectivity index (χ0v) is 48.0. The van der Waals surface area contributed by atoms with Gasteiger partial charge in [-0.25, -0.2) is 0 Å². The predicted octanol–water partition coefficient (Wildman–Crippen LogP) is 14.7. The summed E-state index contributed by atoms with van der Waals surface area (Å²) in [5.41, 5.74) is 0. The van der Waals surface area contributed by atoms with Gasteiger partial charge in [0.05, 0.1) is 25.4 Å². The van der Waals surface area contributed by atoms with Crippen molar-refractivity contribution in [1.82, 2.24) is 5.32 Å². The molecule has 1 aliphatic rings. The van der Waals surface area contributed by atoms with Crippen LogP contribution in [0.15, 0.2) is 36.5 Å². The fraction of sp³-hybridized carbons (Fsp3) is 0.873. The van der Waals surface area contributed by atoms with Crippen molar-refractivity contribution in [2.45, 2.75) is 339 Å². The van der Waals surface area contributed by atoms with E-state index in [4.69, 9.17) is 14.2 Å². The summed E-state index contributed by atoms with van der Waals surface area (Å²) in [4.78, 5) is 26.5. The standard InChI is InChI=1S/C63H117NO10/c1-4-7-10-13-16-19-22-25-26-27-28-29-30-31-33-35-38-41-44-47-50-56(67)62(71)64-54(55(66)49-46-43-40-37-34-24-21-18-15-12-9-6-3)53-72-63-61(60(70)59(69)57(52-65)73-63)74-58(68)51-48-45-42-39-36-32-23-20-17-14-11-8-5-2/h16,19,25-26,46,49,54-57,59-61,63,65-67,69-70H,4-15,17-18,20-24,27-45,47-48,50-53H2,1-3H3,(H,64,71)/b19-16-,26-25-,49-46+. The average Bonchev–Trinajstić information content (AvgIpc) is 3.40. The van der Waals surface area contributed by atoms with Crippen LogP contribution in [0.3, 0.4) is 0 Å². The lowest BCUT2D eigenvalue weighted by molar-refractivity contribution is -0.305. The molecule has 1 rings (SSSR count). The van der Waals surface area contributed by atoms with Gasteiger partial charge in [0.15, 0.2) is 12.4 Å². The number of nitrogens with one attached hydrogen (secondary N) is 1. The van der Waals surface area contributed by atoms with E-state index >= 15 is 0 Å². The quantitative estimate of drug-likeness (QED) is 0.0195. The molecule has 6 N–H and O–H groups in total. The highest BCUT2D eigenvalue weighted by Crippen LogP contribution is 2.26. The molecule has 0 aliphatic carbocycles. The molecule has 0 radical (unpaired) electrons. The first-order chi connectivity index (χ1) is 36.2. The van der Waals surface area contributed by atoms with E-state index in [0.29, 0.717) is 19.3 Å². The molecule has 1 saturated heterocycles. The summed E-state index contributed by atoms with van der Waals surface area (Å²) < 4.78 is 17.6. The third kappa shape index (κ3) is 39.3. The molecule has 0 aromatic rings. The number of ether oxygens (including phenoxy) is 3. The van der Waals surface area contributed by atoms with E-state index < -0.39 is 67.4 Å². The van der Waals surface area contributed by atoms with Gasteiger partial charge in [0.25, 0.3) is 0 Å². The van der Waals surface area contributed by atoms with E-state index in [-0.39, 0.29) is 13.0 Å². The molecule has 8 unspecified atom stereocenters. The second kappa shape index (κ2) is 51.6. The maximum absolute atomic E-state index is 13.4. The topological polar surface area (TPSA) is 175 Å². The molecule has 1 fully saturated rings. The zero-order chi connectivity index (χ0) is 54.0. The van der Waals surface area contributed by atoms with Crippen LogP contribution < -0.4 is 5.32 Å². The zero-order valence-electron chi connectivity index (χ0n) is 48.0. The van der Waals surface area contributed by atoms with Crippen molar-refractivity contribution in [3.8, 4) is 0 Å². The summed E-state index contributed by atoms with van der Waals surface area (Å²) >= 11 is 0. The van der Waals surface area contributed by atoms with Gasteiger partial charge in [-0.2, -0.15) is 0 Å². The molecule has 11 heteroatoms. The normalized spacial score (nSPS) is 19.5. The first-order valence-corrected chi connectivity index (χ1v) is 31.3. The van der Waals surface area contributed by atoms with Crippen LogP contribution in [0.5, 0.6) is 0 Å². The molecule has 1 amide bonds. The van der Waals surface area contributed by atoms with Gasteiger partial charge in [-0.05, 0) is 57.8 Å². The van der Waals surface area contributed by atoms with Crippen molar-refractivity contribution in [2.24, 2.45) is 0 Å². The Morgan fingerprint density at radius 2 is 0.932 bits per heavy atom. The highest BCUT2D eigenvalue weighted by atomic mass is 16.7. The largest absolute Gasteiger partial charge is 0.454 e. The van der Waals surface area contributed by atoms with E-state index in [1.54, 1.807) is 6.08 Å². The van der Waals surface area contributed by atoms with Crippen LogP contribution in [-0.4, -0.2) is 99.6 Å². The molecule has 11 nitrogen and oxygen atoms in total. The minimum atomic E-state index is -1.61. The lowest BCUT2D eigenvalue weighted by Gasteiger charge is -2.41. The fourth-order valence-corrected chi connectivity index (χ4v) is 9.80. The number of unbranched alkanes of at least 4 members (excludes halogenated alkanes) is 35. The minimum Gasteiger partial charge on any atom is -0.454 e. The number of rotatable bonds is 53. The number of aliphatic hydroxyl groups is 5. The Kier molecular flexibility index (Phi) is 48.8. The van der Waals surface area contributed by atoms with Crippen molar-refractivity contribution < 1.29 is 49.3 Å². The number of hydrogen-bond donors (Lipinski definition) is 6. The average molecular weight is 1050 g/mol. The molecule has 74 heavy (non-hydrogen) atoms. The molecule has 1 aliphatic heterocycles. The molecule has 1 heterocycles. The number of aliphatic hydroxyl groups excluding tert-OH is 5. The molecular formula is C63H117NO10. The van der Waals surface area contributed by atoms with Crippen LogP contribution in [0, 0.1) is 0 Å². The monoisotopic (exact) mass is 1050 g/mol. The third-order valence-corrected chi connectivity index (χ3v) is 14.8. The van der Waals surface area contributed by atoms with Gasteiger partial charge >= 0.3 is 5.97 Å². The van der Waals surface area contributed by atoms with Crippen LogP contribution in [0.25, 0.3) is 0 Å².